The Morgan fingerprint density at radius 2 is 1.75 bits per heavy atom. The molecule has 1 aliphatic heterocycles. The molecule has 0 N–H and O–H groups in total. The molecule has 4 nitrogen and oxygen atoms in total. The molecule has 0 aromatic heterocycles. The van der Waals surface area contributed by atoms with Crippen molar-refractivity contribution in [3.05, 3.63) is 70.7 Å². The summed E-state index contributed by atoms with van der Waals surface area (Å²) in [5, 5.41) is 0.730. The predicted octanol–water partition coefficient (Wildman–Crippen LogP) is 4.96. The molecular formula is C23H28ClNO3. The molecule has 150 valence electrons. The molecule has 28 heavy (non-hydrogen) atoms. The van der Waals surface area contributed by atoms with E-state index < -0.39 is 5.60 Å². The van der Waals surface area contributed by atoms with E-state index in [9.17, 15) is 4.79 Å². The van der Waals surface area contributed by atoms with Gasteiger partial charge < -0.3 is 14.4 Å². The Morgan fingerprint density at radius 1 is 1.07 bits per heavy atom. The minimum atomic E-state index is -0.400. The van der Waals surface area contributed by atoms with Gasteiger partial charge in [-0.25, -0.2) is 4.79 Å². The first-order valence-electron chi connectivity index (χ1n) is 9.85. The topological polar surface area (TPSA) is 38.8 Å². The zero-order valence-electron chi connectivity index (χ0n) is 16.4. The number of benzene rings is 2. The second-order valence-electron chi connectivity index (χ2n) is 7.52. The monoisotopic (exact) mass is 401 g/mol. The van der Waals surface area contributed by atoms with Crippen molar-refractivity contribution in [2.24, 2.45) is 0 Å². The summed E-state index contributed by atoms with van der Waals surface area (Å²) in [6.07, 6.45) is 3.40. The molecule has 0 atom stereocenters. The lowest BCUT2D eigenvalue weighted by Crippen LogP contribution is -2.46. The first kappa shape index (κ1) is 20.8. The average molecular weight is 402 g/mol. The van der Waals surface area contributed by atoms with Crippen LogP contribution in [-0.2, 0) is 16.1 Å². The lowest BCUT2D eigenvalue weighted by Gasteiger charge is -2.40. The number of carbonyl (C=O) groups excluding carboxylic acids is 1. The summed E-state index contributed by atoms with van der Waals surface area (Å²) >= 11 is 5.91. The molecule has 1 fully saturated rings. The van der Waals surface area contributed by atoms with Crippen molar-refractivity contribution in [2.45, 2.75) is 37.9 Å². The lowest BCUT2D eigenvalue weighted by molar-refractivity contribution is -0.0569. The normalized spacial score (nSPS) is 16.6. The number of esters is 1. The molecule has 2 aromatic carbocycles. The lowest BCUT2D eigenvalue weighted by atomic mass is 9.86. The molecular weight excluding hydrogens is 374 g/mol. The van der Waals surface area contributed by atoms with Gasteiger partial charge in [-0.3, -0.25) is 0 Å². The van der Waals surface area contributed by atoms with Crippen molar-refractivity contribution in [3.8, 4) is 0 Å². The van der Waals surface area contributed by atoms with Gasteiger partial charge in [-0.15, -0.1) is 0 Å². The van der Waals surface area contributed by atoms with Crippen molar-refractivity contribution in [1.29, 1.82) is 0 Å². The minimum absolute atomic E-state index is 0.229. The van der Waals surface area contributed by atoms with Gasteiger partial charge in [0.2, 0.25) is 0 Å². The zero-order valence-corrected chi connectivity index (χ0v) is 17.2. The van der Waals surface area contributed by atoms with E-state index in [-0.39, 0.29) is 5.97 Å². The van der Waals surface area contributed by atoms with E-state index in [0.717, 1.165) is 49.4 Å². The van der Waals surface area contributed by atoms with Gasteiger partial charge in [-0.2, -0.15) is 0 Å². The number of carbonyl (C=O) groups is 1. The van der Waals surface area contributed by atoms with Crippen molar-refractivity contribution >= 4 is 17.6 Å². The Morgan fingerprint density at radius 3 is 2.43 bits per heavy atom. The molecule has 0 bridgehead atoms. The summed E-state index contributed by atoms with van der Waals surface area (Å²) in [7, 11) is 2.11. The predicted molar refractivity (Wildman–Crippen MR) is 112 cm³/mol. The van der Waals surface area contributed by atoms with Crippen LogP contribution in [0.2, 0.25) is 5.02 Å². The summed E-state index contributed by atoms with van der Waals surface area (Å²) in [5.41, 5.74) is 1.32. The average Bonchev–Trinajstić information content (AvgIpc) is 2.72. The summed E-state index contributed by atoms with van der Waals surface area (Å²) < 4.78 is 11.9. The highest BCUT2D eigenvalue weighted by molar-refractivity contribution is 6.30. The van der Waals surface area contributed by atoms with Crippen LogP contribution >= 0.6 is 11.6 Å². The third kappa shape index (κ3) is 6.06. The molecule has 0 spiro atoms. The number of halogens is 1. The highest BCUT2D eigenvalue weighted by Gasteiger charge is 2.37. The van der Waals surface area contributed by atoms with E-state index in [0.29, 0.717) is 18.8 Å². The number of ether oxygens (including phenoxy) is 2. The maximum absolute atomic E-state index is 12.6. The number of nitrogens with zero attached hydrogens (tertiary/aromatic N) is 1. The highest BCUT2D eigenvalue weighted by Crippen LogP contribution is 2.32. The maximum atomic E-state index is 12.6. The quantitative estimate of drug-likeness (QED) is 0.463. The molecule has 0 aliphatic carbocycles. The largest absolute Gasteiger partial charge is 0.455 e. The maximum Gasteiger partial charge on any atom is 0.338 e. The highest BCUT2D eigenvalue weighted by atomic mass is 35.5. The van der Waals surface area contributed by atoms with Crippen LogP contribution in [0.5, 0.6) is 0 Å². The fourth-order valence-corrected chi connectivity index (χ4v) is 3.65. The van der Waals surface area contributed by atoms with Crippen LogP contribution in [0.1, 0.15) is 41.6 Å². The van der Waals surface area contributed by atoms with E-state index in [1.54, 1.807) is 12.1 Å². The van der Waals surface area contributed by atoms with Crippen molar-refractivity contribution in [1.82, 2.24) is 4.90 Å². The molecule has 0 unspecified atom stereocenters. The minimum Gasteiger partial charge on any atom is -0.455 e. The van der Waals surface area contributed by atoms with Gasteiger partial charge in [0.1, 0.15) is 5.60 Å². The second kappa shape index (κ2) is 10.1. The molecule has 1 saturated heterocycles. The summed E-state index contributed by atoms with van der Waals surface area (Å²) in [6.45, 7) is 3.08. The Hall–Kier alpha value is -1.88. The number of hydrogen-bond acceptors (Lipinski definition) is 4. The van der Waals surface area contributed by atoms with Gasteiger partial charge in [-0.1, -0.05) is 41.9 Å². The van der Waals surface area contributed by atoms with E-state index in [2.05, 4.69) is 11.9 Å². The standard InChI is InChI=1S/C23H28ClNO3/c1-25-15-13-23(14-16-25,28-22(26)20-6-3-2-4-7-20)12-5-17-27-18-19-8-10-21(24)11-9-19/h2-4,6-11H,5,12-18H2,1H3. The number of piperidine rings is 1. The molecule has 0 saturated carbocycles. The molecule has 1 aliphatic rings. The molecule has 1 heterocycles. The third-order valence-electron chi connectivity index (χ3n) is 5.32. The van der Waals surface area contributed by atoms with E-state index >= 15 is 0 Å². The molecule has 2 aromatic rings. The molecule has 0 amide bonds. The van der Waals surface area contributed by atoms with Crippen LogP contribution < -0.4 is 0 Å². The van der Waals surface area contributed by atoms with Crippen molar-refractivity contribution in [3.63, 3.8) is 0 Å². The van der Waals surface area contributed by atoms with E-state index in [1.807, 2.05) is 42.5 Å². The molecule has 0 radical (unpaired) electrons. The van der Waals surface area contributed by atoms with Gasteiger partial charge >= 0.3 is 5.97 Å². The fraction of sp³-hybridized carbons (Fsp3) is 0.435. The summed E-state index contributed by atoms with van der Waals surface area (Å²) in [6, 6.07) is 16.9. The van der Waals surface area contributed by atoms with Crippen molar-refractivity contribution in [2.75, 3.05) is 26.7 Å². The molecule has 3 rings (SSSR count). The van der Waals surface area contributed by atoms with Gasteiger partial charge in [0.25, 0.3) is 0 Å². The summed E-state index contributed by atoms with van der Waals surface area (Å²) in [5.74, 6) is -0.229. The van der Waals surface area contributed by atoms with E-state index in [4.69, 9.17) is 21.1 Å². The van der Waals surface area contributed by atoms with Gasteiger partial charge in [0.15, 0.2) is 0 Å². The van der Waals surface area contributed by atoms with Crippen molar-refractivity contribution < 1.29 is 14.3 Å². The van der Waals surface area contributed by atoms with Crippen LogP contribution in [0.25, 0.3) is 0 Å². The number of hydrogen-bond donors (Lipinski definition) is 0. The van der Waals surface area contributed by atoms with Crippen LogP contribution in [0.4, 0.5) is 0 Å². The Labute approximate surface area is 172 Å². The smallest absolute Gasteiger partial charge is 0.338 e. The van der Waals surface area contributed by atoms with E-state index in [1.165, 1.54) is 0 Å². The Bertz CT molecular complexity index is 740. The number of likely N-dealkylation sites (tertiary alicyclic amines) is 1. The second-order valence-corrected chi connectivity index (χ2v) is 7.96. The summed E-state index contributed by atoms with van der Waals surface area (Å²) in [4.78, 5) is 14.9. The van der Waals surface area contributed by atoms with Crippen LogP contribution in [-0.4, -0.2) is 43.2 Å². The van der Waals surface area contributed by atoms with Gasteiger partial charge in [-0.05, 0) is 62.6 Å². The number of rotatable bonds is 8. The van der Waals surface area contributed by atoms with Gasteiger partial charge in [0.05, 0.1) is 12.2 Å². The fourth-order valence-electron chi connectivity index (χ4n) is 3.53. The zero-order chi connectivity index (χ0) is 19.8. The Balaban J connectivity index is 1.51. The van der Waals surface area contributed by atoms with Gasteiger partial charge in [0, 0.05) is 24.7 Å². The first-order valence-corrected chi connectivity index (χ1v) is 10.2. The first-order chi connectivity index (χ1) is 13.6. The third-order valence-corrected chi connectivity index (χ3v) is 5.57. The Kier molecular flexibility index (Phi) is 7.49. The van der Waals surface area contributed by atoms with Crippen LogP contribution in [0, 0.1) is 0 Å². The SMILES string of the molecule is CN1CCC(CCCOCc2ccc(Cl)cc2)(OC(=O)c2ccccc2)CC1. The van der Waals surface area contributed by atoms with Crippen LogP contribution in [0.15, 0.2) is 54.6 Å². The van der Waals surface area contributed by atoms with Crippen LogP contribution in [0.3, 0.4) is 0 Å². The molecule has 5 heteroatoms.